The molecule has 0 saturated carbocycles. The van der Waals surface area contributed by atoms with Crippen LogP contribution in [-0.4, -0.2) is 44.5 Å². The molecule has 0 bridgehead atoms. The minimum Gasteiger partial charge on any atom is -0.496 e. The molecule has 7 nitrogen and oxygen atoms in total. The van der Waals surface area contributed by atoms with Crippen molar-refractivity contribution < 1.29 is 22.7 Å². The Bertz CT molecular complexity index is 1490. The van der Waals surface area contributed by atoms with Gasteiger partial charge in [0.05, 0.1) is 24.7 Å². The summed E-state index contributed by atoms with van der Waals surface area (Å²) in [5.41, 5.74) is 2.40. The second-order valence-electron chi connectivity index (χ2n) is 13.3. The van der Waals surface area contributed by atoms with Gasteiger partial charge in [0.1, 0.15) is 11.8 Å². The molecule has 1 heterocycles. The van der Waals surface area contributed by atoms with Gasteiger partial charge in [0.15, 0.2) is 0 Å². The summed E-state index contributed by atoms with van der Waals surface area (Å²) < 4.78 is 41.9. The summed E-state index contributed by atoms with van der Waals surface area (Å²) in [5, 5.41) is 3.74. The Labute approximate surface area is 257 Å². The number of methoxy groups -OCH3 is 1. The number of carbonyl (C=O) groups excluding carboxylic acids is 1. The Balaban J connectivity index is 1.92. The van der Waals surface area contributed by atoms with Crippen molar-refractivity contribution in [2.24, 2.45) is 11.3 Å². The molecule has 3 aromatic rings. The number of nitrogens with one attached hydrogen (secondary N) is 1. The Morgan fingerprint density at radius 3 is 2.05 bits per heavy atom. The van der Waals surface area contributed by atoms with Crippen LogP contribution in [0, 0.1) is 11.3 Å². The SMILES string of the molecule is CCOC(=O)[C@@H]1[C@@H](C(C)(C)C)[C@H](NCc2cc(C(C)(C)C)ccc2OC)[C@H](c2ccccc2)N1S(=O)(=O)c1ccccc1. The molecule has 0 aliphatic carbocycles. The highest BCUT2D eigenvalue weighted by Crippen LogP contribution is 2.50. The number of hydrogen-bond donors (Lipinski definition) is 1. The van der Waals surface area contributed by atoms with Crippen molar-refractivity contribution in [3.05, 3.63) is 95.6 Å². The molecule has 43 heavy (non-hydrogen) atoms. The lowest BCUT2D eigenvalue weighted by Gasteiger charge is -2.36. The van der Waals surface area contributed by atoms with Gasteiger partial charge >= 0.3 is 5.97 Å². The second-order valence-corrected chi connectivity index (χ2v) is 15.1. The van der Waals surface area contributed by atoms with E-state index in [1.807, 2.05) is 36.4 Å². The summed E-state index contributed by atoms with van der Waals surface area (Å²) in [4.78, 5) is 14.0. The summed E-state index contributed by atoms with van der Waals surface area (Å²) in [5.74, 6) is -0.218. The third kappa shape index (κ3) is 6.82. The number of esters is 1. The monoisotopic (exact) mass is 606 g/mol. The quantitative estimate of drug-likeness (QED) is 0.280. The van der Waals surface area contributed by atoms with Gasteiger partial charge in [-0.2, -0.15) is 4.31 Å². The van der Waals surface area contributed by atoms with Gasteiger partial charge in [-0.25, -0.2) is 8.42 Å². The van der Waals surface area contributed by atoms with E-state index in [0.29, 0.717) is 6.54 Å². The van der Waals surface area contributed by atoms with Crippen LogP contribution in [0.4, 0.5) is 0 Å². The van der Waals surface area contributed by atoms with Gasteiger partial charge < -0.3 is 14.8 Å². The lowest BCUT2D eigenvalue weighted by molar-refractivity contribution is -0.149. The molecule has 3 aromatic carbocycles. The molecule has 232 valence electrons. The van der Waals surface area contributed by atoms with E-state index in [-0.39, 0.29) is 16.9 Å². The van der Waals surface area contributed by atoms with Crippen molar-refractivity contribution in [1.82, 2.24) is 9.62 Å². The van der Waals surface area contributed by atoms with E-state index < -0.39 is 45.5 Å². The minimum absolute atomic E-state index is 0.0650. The number of hydrogen-bond acceptors (Lipinski definition) is 6. The number of nitrogens with zero attached hydrogens (tertiary/aromatic N) is 1. The van der Waals surface area contributed by atoms with Gasteiger partial charge in [0.25, 0.3) is 0 Å². The standard InChI is InChI=1S/C35H46N2O5S/c1-9-42-33(38)32-29(35(5,6)7)30(36-23-25-22-26(34(2,3)4)20-21-28(25)41-8)31(24-16-12-10-13-17-24)37(32)43(39,40)27-18-14-11-15-19-27/h10-22,29-32,36H,9,23H2,1-8H3/t29-,30-,31-,32-/m0/s1. The maximum Gasteiger partial charge on any atom is 0.324 e. The minimum atomic E-state index is -4.13. The van der Waals surface area contributed by atoms with Crippen molar-refractivity contribution in [3.63, 3.8) is 0 Å². The van der Waals surface area contributed by atoms with Crippen LogP contribution in [0.15, 0.2) is 83.8 Å². The topological polar surface area (TPSA) is 84.9 Å². The first-order valence-corrected chi connectivity index (χ1v) is 16.4. The maximum atomic E-state index is 14.6. The summed E-state index contributed by atoms with van der Waals surface area (Å²) in [6.07, 6.45) is 0. The average Bonchev–Trinajstić information content (AvgIpc) is 3.33. The molecule has 0 radical (unpaired) electrons. The lowest BCUT2D eigenvalue weighted by Crippen LogP contribution is -2.48. The van der Waals surface area contributed by atoms with Crippen LogP contribution in [0.3, 0.4) is 0 Å². The highest BCUT2D eigenvalue weighted by atomic mass is 32.2. The number of rotatable bonds is 9. The number of ether oxygens (including phenoxy) is 2. The summed E-state index contributed by atoms with van der Waals surface area (Å²) in [7, 11) is -2.48. The van der Waals surface area contributed by atoms with Crippen LogP contribution in [0.1, 0.15) is 71.2 Å². The third-order valence-corrected chi connectivity index (χ3v) is 10.2. The van der Waals surface area contributed by atoms with Crippen molar-refractivity contribution in [3.8, 4) is 5.75 Å². The summed E-state index contributed by atoms with van der Waals surface area (Å²) >= 11 is 0. The highest BCUT2D eigenvalue weighted by molar-refractivity contribution is 7.89. The van der Waals surface area contributed by atoms with Crippen LogP contribution in [0.5, 0.6) is 5.75 Å². The maximum absolute atomic E-state index is 14.6. The first-order chi connectivity index (χ1) is 20.2. The molecule has 1 aliphatic heterocycles. The van der Waals surface area contributed by atoms with Crippen LogP contribution in [0.25, 0.3) is 0 Å². The number of sulfonamides is 1. The van der Waals surface area contributed by atoms with Crippen molar-refractivity contribution >= 4 is 16.0 Å². The summed E-state index contributed by atoms with van der Waals surface area (Å²) in [6.45, 7) is 15.0. The molecule has 1 fully saturated rings. The van der Waals surface area contributed by atoms with E-state index in [4.69, 9.17) is 9.47 Å². The van der Waals surface area contributed by atoms with E-state index >= 15 is 0 Å². The molecule has 1 N–H and O–H groups in total. The van der Waals surface area contributed by atoms with E-state index in [1.165, 1.54) is 9.87 Å². The normalized spacial score (nSPS) is 21.5. The summed E-state index contributed by atoms with van der Waals surface area (Å²) in [6, 6.07) is 22.0. The predicted molar refractivity (Wildman–Crippen MR) is 170 cm³/mol. The Hall–Kier alpha value is -3.20. The van der Waals surface area contributed by atoms with Crippen LogP contribution in [-0.2, 0) is 31.5 Å². The molecule has 0 aromatic heterocycles. The van der Waals surface area contributed by atoms with Gasteiger partial charge in [-0.3, -0.25) is 4.79 Å². The predicted octanol–water partition coefficient (Wildman–Crippen LogP) is 6.49. The average molecular weight is 607 g/mol. The highest BCUT2D eigenvalue weighted by Gasteiger charge is 2.60. The van der Waals surface area contributed by atoms with Crippen LogP contribution in [0.2, 0.25) is 0 Å². The van der Waals surface area contributed by atoms with Gasteiger partial charge in [0.2, 0.25) is 10.0 Å². The lowest BCUT2D eigenvalue weighted by atomic mass is 9.72. The van der Waals surface area contributed by atoms with Gasteiger partial charge in [-0.1, -0.05) is 102 Å². The van der Waals surface area contributed by atoms with E-state index in [9.17, 15) is 13.2 Å². The second kappa shape index (κ2) is 12.8. The van der Waals surface area contributed by atoms with Gasteiger partial charge in [-0.05, 0) is 47.1 Å². The fourth-order valence-electron chi connectivity index (χ4n) is 6.24. The molecule has 0 spiro atoms. The van der Waals surface area contributed by atoms with Crippen LogP contribution >= 0.6 is 0 Å². The van der Waals surface area contributed by atoms with E-state index in [0.717, 1.165) is 16.9 Å². The molecular weight excluding hydrogens is 560 g/mol. The number of benzene rings is 3. The first-order valence-electron chi connectivity index (χ1n) is 14.9. The van der Waals surface area contributed by atoms with Crippen molar-refractivity contribution in [1.29, 1.82) is 0 Å². The van der Waals surface area contributed by atoms with Gasteiger partial charge in [0, 0.05) is 24.1 Å². The van der Waals surface area contributed by atoms with Crippen LogP contribution < -0.4 is 10.1 Å². The Morgan fingerprint density at radius 1 is 0.907 bits per heavy atom. The third-order valence-electron chi connectivity index (χ3n) is 8.28. The molecule has 1 saturated heterocycles. The van der Waals surface area contributed by atoms with Crippen molar-refractivity contribution in [2.45, 2.75) is 83.4 Å². The van der Waals surface area contributed by atoms with E-state index in [2.05, 4.69) is 59.0 Å². The zero-order chi connectivity index (χ0) is 31.6. The first kappa shape index (κ1) is 32.7. The van der Waals surface area contributed by atoms with E-state index in [1.54, 1.807) is 44.4 Å². The molecule has 0 amide bonds. The Kier molecular flexibility index (Phi) is 9.74. The largest absolute Gasteiger partial charge is 0.496 e. The molecule has 4 atom stereocenters. The molecular formula is C35H46N2O5S. The Morgan fingerprint density at radius 2 is 1.51 bits per heavy atom. The zero-order valence-corrected chi connectivity index (χ0v) is 27.4. The fourth-order valence-corrected chi connectivity index (χ4v) is 8.05. The molecule has 8 heteroatoms. The molecule has 0 unspecified atom stereocenters. The van der Waals surface area contributed by atoms with Gasteiger partial charge in [-0.15, -0.1) is 0 Å². The number of carbonyl (C=O) groups is 1. The fraction of sp³-hybridized carbons (Fsp3) is 0.457. The smallest absolute Gasteiger partial charge is 0.324 e. The molecule has 1 aliphatic rings. The van der Waals surface area contributed by atoms with Crippen molar-refractivity contribution in [2.75, 3.05) is 13.7 Å². The zero-order valence-electron chi connectivity index (χ0n) is 26.6. The molecule has 4 rings (SSSR count).